The lowest BCUT2D eigenvalue weighted by molar-refractivity contribution is -0.142. The van der Waals surface area contributed by atoms with E-state index in [1.54, 1.807) is 13.8 Å². The summed E-state index contributed by atoms with van der Waals surface area (Å²) >= 11 is 0. The van der Waals surface area contributed by atoms with Gasteiger partial charge >= 0.3 is 12.1 Å². The number of hydrogen-bond donors (Lipinski definition) is 3. The predicted molar refractivity (Wildman–Crippen MR) is 126 cm³/mol. The summed E-state index contributed by atoms with van der Waals surface area (Å²) in [6.45, 7) is 3.56. The molecular weight excluding hydrogens is 432 g/mol. The number of carbonyl (C=O) groups excluding carboxylic acids is 2. The summed E-state index contributed by atoms with van der Waals surface area (Å²) in [7, 11) is 0. The van der Waals surface area contributed by atoms with E-state index in [-0.39, 0.29) is 30.4 Å². The summed E-state index contributed by atoms with van der Waals surface area (Å²) in [6, 6.07) is 15.8. The third-order valence-corrected chi connectivity index (χ3v) is 8.03. The van der Waals surface area contributed by atoms with Gasteiger partial charge in [-0.2, -0.15) is 0 Å². The molecule has 0 radical (unpaired) electrons. The smallest absolute Gasteiger partial charge is 0.407 e. The van der Waals surface area contributed by atoms with Crippen molar-refractivity contribution < 1.29 is 24.2 Å². The van der Waals surface area contributed by atoms with E-state index in [0.717, 1.165) is 12.8 Å². The molecular formula is C27H30N2O5. The highest BCUT2D eigenvalue weighted by molar-refractivity contribution is 5.87. The minimum Gasteiger partial charge on any atom is -0.481 e. The van der Waals surface area contributed by atoms with E-state index in [0.29, 0.717) is 6.42 Å². The Balaban J connectivity index is 1.16. The molecule has 5 rings (SSSR count). The highest BCUT2D eigenvalue weighted by atomic mass is 16.5. The van der Waals surface area contributed by atoms with E-state index in [1.165, 1.54) is 22.3 Å². The maximum absolute atomic E-state index is 12.9. The number of hydrogen-bond acceptors (Lipinski definition) is 4. The number of carbonyl (C=O) groups is 3. The molecule has 0 aromatic heterocycles. The van der Waals surface area contributed by atoms with Crippen LogP contribution in [-0.4, -0.2) is 41.8 Å². The lowest BCUT2D eigenvalue weighted by atomic mass is 9.98. The predicted octanol–water partition coefficient (Wildman–Crippen LogP) is 3.92. The van der Waals surface area contributed by atoms with Crippen LogP contribution in [0.15, 0.2) is 48.5 Å². The zero-order chi connectivity index (χ0) is 24.0. The largest absolute Gasteiger partial charge is 0.481 e. The molecule has 34 heavy (non-hydrogen) atoms. The minimum atomic E-state index is -0.932. The molecule has 3 aliphatic carbocycles. The van der Waals surface area contributed by atoms with Gasteiger partial charge in [-0.3, -0.25) is 9.59 Å². The van der Waals surface area contributed by atoms with Gasteiger partial charge in [0.15, 0.2) is 0 Å². The summed E-state index contributed by atoms with van der Waals surface area (Å²) in [5.41, 5.74) is 4.20. The zero-order valence-electron chi connectivity index (χ0n) is 19.4. The molecule has 2 fully saturated rings. The molecule has 7 nitrogen and oxygen atoms in total. The van der Waals surface area contributed by atoms with Crippen molar-refractivity contribution in [2.24, 2.45) is 17.3 Å². The third-order valence-electron chi connectivity index (χ3n) is 8.03. The Bertz CT molecular complexity index is 1100. The number of aliphatic carboxylic acids is 1. The second-order valence-electron chi connectivity index (χ2n) is 10.1. The van der Waals surface area contributed by atoms with E-state index >= 15 is 0 Å². The number of nitrogens with one attached hydrogen (secondary N) is 2. The number of carboxylic acids is 1. The summed E-state index contributed by atoms with van der Waals surface area (Å²) in [4.78, 5) is 36.7. The Morgan fingerprint density at radius 2 is 1.65 bits per heavy atom. The summed E-state index contributed by atoms with van der Waals surface area (Å²) in [5, 5.41) is 15.0. The van der Waals surface area contributed by atoms with Crippen molar-refractivity contribution >= 4 is 18.0 Å². The maximum atomic E-state index is 12.9. The molecule has 2 unspecified atom stereocenters. The Kier molecular flexibility index (Phi) is 5.58. The van der Waals surface area contributed by atoms with Gasteiger partial charge in [0, 0.05) is 18.0 Å². The van der Waals surface area contributed by atoms with E-state index < -0.39 is 29.4 Å². The molecule has 178 valence electrons. The van der Waals surface area contributed by atoms with Crippen LogP contribution in [-0.2, 0) is 14.3 Å². The fraction of sp³-hybridized carbons (Fsp3) is 0.444. The number of benzene rings is 2. The lowest BCUT2D eigenvalue weighted by Gasteiger charge is -2.22. The highest BCUT2D eigenvalue weighted by Crippen LogP contribution is 2.63. The van der Waals surface area contributed by atoms with Gasteiger partial charge in [-0.15, -0.1) is 0 Å². The third kappa shape index (κ3) is 3.83. The van der Waals surface area contributed by atoms with Gasteiger partial charge in [0.2, 0.25) is 5.91 Å². The first-order valence-electron chi connectivity index (χ1n) is 12.0. The summed E-state index contributed by atoms with van der Waals surface area (Å²) < 4.78 is 5.65. The molecule has 2 saturated carbocycles. The number of alkyl carbamates (subject to hydrolysis) is 1. The standard InChI is InChI=1S/C27H30N2O5/c1-15(24(30)31)16(2)28-25(32)27-12-17(27)11-18(13-27)29-26(33)34-14-23-21-9-5-3-7-19(21)20-8-4-6-10-22(20)23/h3-10,15-18,23H,11-14H2,1-2H3,(H,28,32)(H,29,33)(H,30,31)/t15?,16?,17-,18+,27+/m0/s1. The zero-order valence-corrected chi connectivity index (χ0v) is 19.4. The Morgan fingerprint density at radius 3 is 2.26 bits per heavy atom. The normalized spacial score (nSPS) is 25.9. The molecule has 0 heterocycles. The first kappa shape index (κ1) is 22.4. The van der Waals surface area contributed by atoms with Crippen LogP contribution < -0.4 is 10.6 Å². The number of rotatable bonds is 7. The van der Waals surface area contributed by atoms with Crippen LogP contribution in [0.25, 0.3) is 11.1 Å². The molecule has 0 bridgehead atoms. The highest BCUT2D eigenvalue weighted by Gasteiger charge is 2.65. The molecule has 0 aliphatic heterocycles. The van der Waals surface area contributed by atoms with Crippen molar-refractivity contribution in [2.75, 3.05) is 6.61 Å². The van der Waals surface area contributed by atoms with Crippen molar-refractivity contribution in [2.45, 2.75) is 51.1 Å². The van der Waals surface area contributed by atoms with E-state index in [9.17, 15) is 19.5 Å². The average molecular weight is 463 g/mol. The second kappa shape index (κ2) is 8.46. The fourth-order valence-corrected chi connectivity index (χ4v) is 5.78. The second-order valence-corrected chi connectivity index (χ2v) is 10.1. The van der Waals surface area contributed by atoms with Crippen LogP contribution in [0.4, 0.5) is 4.79 Å². The summed E-state index contributed by atoms with van der Waals surface area (Å²) in [6.07, 6.45) is 1.62. The molecule has 0 saturated heterocycles. The minimum absolute atomic E-state index is 0.00460. The van der Waals surface area contributed by atoms with Gasteiger partial charge in [0.05, 0.1) is 11.3 Å². The Morgan fingerprint density at radius 1 is 1.03 bits per heavy atom. The molecule has 2 aromatic rings. The molecule has 7 heteroatoms. The quantitative estimate of drug-likeness (QED) is 0.579. The van der Waals surface area contributed by atoms with E-state index in [2.05, 4.69) is 34.9 Å². The van der Waals surface area contributed by atoms with E-state index in [4.69, 9.17) is 4.74 Å². The van der Waals surface area contributed by atoms with Crippen LogP contribution in [0.3, 0.4) is 0 Å². The van der Waals surface area contributed by atoms with Crippen molar-refractivity contribution in [1.29, 1.82) is 0 Å². The molecule has 2 aromatic carbocycles. The van der Waals surface area contributed by atoms with Crippen LogP contribution in [0, 0.1) is 17.3 Å². The fourth-order valence-electron chi connectivity index (χ4n) is 5.78. The van der Waals surface area contributed by atoms with Crippen molar-refractivity contribution in [1.82, 2.24) is 10.6 Å². The topological polar surface area (TPSA) is 105 Å². The maximum Gasteiger partial charge on any atom is 0.407 e. The van der Waals surface area contributed by atoms with Gasteiger partial charge < -0.3 is 20.5 Å². The van der Waals surface area contributed by atoms with Gasteiger partial charge in [-0.05, 0) is 61.3 Å². The van der Waals surface area contributed by atoms with Crippen molar-refractivity contribution in [3.8, 4) is 11.1 Å². The first-order valence-corrected chi connectivity index (χ1v) is 12.0. The molecule has 2 amide bonds. The van der Waals surface area contributed by atoms with Crippen LogP contribution in [0.2, 0.25) is 0 Å². The van der Waals surface area contributed by atoms with E-state index in [1.807, 2.05) is 24.3 Å². The van der Waals surface area contributed by atoms with Crippen molar-refractivity contribution in [3.63, 3.8) is 0 Å². The molecule has 3 N–H and O–H groups in total. The lowest BCUT2D eigenvalue weighted by Crippen LogP contribution is -2.44. The number of amides is 2. The van der Waals surface area contributed by atoms with Crippen LogP contribution in [0.1, 0.15) is 50.2 Å². The Hall–Kier alpha value is -3.35. The molecule has 5 atom stereocenters. The van der Waals surface area contributed by atoms with Crippen LogP contribution in [0.5, 0.6) is 0 Å². The van der Waals surface area contributed by atoms with Gasteiger partial charge in [-0.1, -0.05) is 48.5 Å². The Labute approximate surface area is 198 Å². The van der Waals surface area contributed by atoms with Gasteiger partial charge in [-0.25, -0.2) is 4.79 Å². The number of fused-ring (bicyclic) bond motifs is 4. The van der Waals surface area contributed by atoms with Crippen LogP contribution >= 0.6 is 0 Å². The van der Waals surface area contributed by atoms with Gasteiger partial charge in [0.25, 0.3) is 0 Å². The molecule has 0 spiro atoms. The van der Waals surface area contributed by atoms with Gasteiger partial charge in [0.1, 0.15) is 6.61 Å². The van der Waals surface area contributed by atoms with Crippen molar-refractivity contribution in [3.05, 3.63) is 59.7 Å². The SMILES string of the molecule is CC(NC(=O)[C@]12C[C@H](NC(=O)OCC3c4ccccc4-c4ccccc43)C[C@H]1C2)C(C)C(=O)O. The molecule has 3 aliphatic rings. The number of carboxylic acid groups (broad SMARTS) is 1. The average Bonchev–Trinajstić information content (AvgIpc) is 3.25. The monoisotopic (exact) mass is 462 g/mol. The number of ether oxygens (including phenoxy) is 1. The summed E-state index contributed by atoms with van der Waals surface area (Å²) in [5.74, 6) is -1.47. The first-order chi connectivity index (χ1) is 16.3.